The number of nitrogens with zero attached hydrogens (tertiary/aromatic N) is 2. The summed E-state index contributed by atoms with van der Waals surface area (Å²) in [5.74, 6) is -0.0717. The minimum absolute atomic E-state index is 0.0203. The van der Waals surface area contributed by atoms with Crippen molar-refractivity contribution in [2.75, 3.05) is 11.9 Å². The largest absolute Gasteiger partial charge is 0.416 e. The van der Waals surface area contributed by atoms with E-state index in [1.54, 1.807) is 18.2 Å². The number of rotatable bonds is 9. The molecule has 0 bridgehead atoms. The van der Waals surface area contributed by atoms with Crippen molar-refractivity contribution in [1.29, 1.82) is 0 Å². The van der Waals surface area contributed by atoms with Gasteiger partial charge in [0.1, 0.15) is 16.1 Å². The molecule has 224 valence electrons. The SMILES string of the molecule is CC(Nc1cc(CNC(=O)[C@@H]2C=CCN2S(=O)(=O)c2ccc(Cl)s2)cc(-c2ccc(C(F)(F)F)cc2)n1)c1ccccc1. The highest BCUT2D eigenvalue weighted by Crippen LogP contribution is 2.32. The summed E-state index contributed by atoms with van der Waals surface area (Å²) >= 11 is 6.85. The summed E-state index contributed by atoms with van der Waals surface area (Å²) in [5, 5.41) is 6.12. The lowest BCUT2D eigenvalue weighted by molar-refractivity contribution is -0.137. The summed E-state index contributed by atoms with van der Waals surface area (Å²) in [4.78, 5) is 17.8. The fourth-order valence-electron chi connectivity index (χ4n) is 4.60. The Bertz CT molecular complexity index is 1740. The standard InChI is InChI=1S/C30H26ClF3N4O3S2/c1-19(21-6-3-2-4-7-21)36-27-17-20(16-24(37-27)22-9-11-23(12-10-22)30(32,33)34)18-35-29(39)25-8-5-15-38(25)43(40,41)28-14-13-26(31)42-28/h2-14,16-17,19,25H,15,18H2,1H3,(H,35,39)(H,36,37)/t19?,25-/m0/s1. The normalized spacial score (nSPS) is 16.3. The van der Waals surface area contributed by atoms with Crippen LogP contribution in [0, 0.1) is 0 Å². The van der Waals surface area contributed by atoms with Crippen molar-refractivity contribution in [1.82, 2.24) is 14.6 Å². The lowest BCUT2D eigenvalue weighted by atomic mass is 10.1. The minimum Gasteiger partial charge on any atom is -0.364 e. The molecular weight excluding hydrogens is 621 g/mol. The van der Waals surface area contributed by atoms with Crippen molar-refractivity contribution in [3.8, 4) is 11.3 Å². The number of pyridine rings is 1. The topological polar surface area (TPSA) is 91.4 Å². The number of aromatic nitrogens is 1. The maximum absolute atomic E-state index is 13.2. The first-order chi connectivity index (χ1) is 20.4. The van der Waals surface area contributed by atoms with Crippen LogP contribution in [0.2, 0.25) is 4.34 Å². The van der Waals surface area contributed by atoms with Gasteiger partial charge in [-0.3, -0.25) is 4.79 Å². The summed E-state index contributed by atoms with van der Waals surface area (Å²) in [6, 6.07) is 19.4. The summed E-state index contributed by atoms with van der Waals surface area (Å²) < 4.78 is 67.2. The zero-order chi connectivity index (χ0) is 30.8. The van der Waals surface area contributed by atoms with E-state index >= 15 is 0 Å². The van der Waals surface area contributed by atoms with Crippen LogP contribution in [0.4, 0.5) is 19.0 Å². The highest BCUT2D eigenvalue weighted by Gasteiger charge is 2.37. The van der Waals surface area contributed by atoms with E-state index in [4.69, 9.17) is 11.6 Å². The Morgan fingerprint density at radius 3 is 2.47 bits per heavy atom. The number of anilines is 1. The molecule has 2 aromatic heterocycles. The van der Waals surface area contributed by atoms with Crippen LogP contribution in [0.1, 0.15) is 29.7 Å². The summed E-state index contributed by atoms with van der Waals surface area (Å²) in [5.41, 5.74) is 1.71. The van der Waals surface area contributed by atoms with Crippen molar-refractivity contribution >= 4 is 44.7 Å². The number of carbonyl (C=O) groups is 1. The van der Waals surface area contributed by atoms with E-state index < -0.39 is 33.7 Å². The average molecular weight is 647 g/mol. The Kier molecular flexibility index (Phi) is 8.93. The molecule has 1 unspecified atom stereocenters. The Hall–Kier alpha value is -3.71. The molecule has 1 aliphatic rings. The van der Waals surface area contributed by atoms with E-state index in [2.05, 4.69) is 15.6 Å². The predicted octanol–water partition coefficient (Wildman–Crippen LogP) is 6.90. The van der Waals surface area contributed by atoms with Crippen LogP contribution in [0.25, 0.3) is 11.3 Å². The van der Waals surface area contributed by atoms with Crippen molar-refractivity contribution in [2.24, 2.45) is 0 Å². The maximum Gasteiger partial charge on any atom is 0.416 e. The first-order valence-corrected chi connectivity index (χ1v) is 15.8. The van der Waals surface area contributed by atoms with Gasteiger partial charge in [0.15, 0.2) is 0 Å². The van der Waals surface area contributed by atoms with Gasteiger partial charge in [0.05, 0.1) is 15.6 Å². The van der Waals surface area contributed by atoms with Gasteiger partial charge in [-0.15, -0.1) is 11.3 Å². The second kappa shape index (κ2) is 12.5. The van der Waals surface area contributed by atoms with Crippen LogP contribution in [0.3, 0.4) is 0 Å². The van der Waals surface area contributed by atoms with Crippen molar-refractivity contribution in [3.05, 3.63) is 112 Å². The molecule has 0 fully saturated rings. The molecule has 43 heavy (non-hydrogen) atoms. The molecule has 0 saturated carbocycles. The second-order valence-corrected chi connectivity index (χ2v) is 13.7. The number of sulfonamides is 1. The van der Waals surface area contributed by atoms with Crippen molar-refractivity contribution < 1.29 is 26.4 Å². The molecule has 5 rings (SSSR count). The third kappa shape index (κ3) is 7.10. The van der Waals surface area contributed by atoms with E-state index in [0.29, 0.717) is 27.0 Å². The monoisotopic (exact) mass is 646 g/mol. The van der Waals surface area contributed by atoms with Gasteiger partial charge in [-0.25, -0.2) is 13.4 Å². The third-order valence-electron chi connectivity index (χ3n) is 6.82. The molecule has 2 atom stereocenters. The zero-order valence-corrected chi connectivity index (χ0v) is 25.1. The van der Waals surface area contributed by atoms with Crippen LogP contribution in [-0.2, 0) is 27.5 Å². The molecule has 0 aliphatic carbocycles. The molecule has 13 heteroatoms. The number of benzene rings is 2. The molecule has 3 heterocycles. The Morgan fingerprint density at radius 1 is 1.09 bits per heavy atom. The Labute approximate surface area is 256 Å². The summed E-state index contributed by atoms with van der Waals surface area (Å²) in [6.45, 7) is 2.01. The third-order valence-corrected chi connectivity index (χ3v) is 10.4. The van der Waals surface area contributed by atoms with Crippen molar-refractivity contribution in [3.63, 3.8) is 0 Å². The number of halogens is 4. The van der Waals surface area contributed by atoms with Gasteiger partial charge in [0, 0.05) is 24.7 Å². The van der Waals surface area contributed by atoms with Crippen LogP contribution >= 0.6 is 22.9 Å². The molecule has 0 spiro atoms. The Morgan fingerprint density at radius 2 is 1.81 bits per heavy atom. The van der Waals surface area contributed by atoms with Gasteiger partial charge in [-0.1, -0.05) is 66.2 Å². The van der Waals surface area contributed by atoms with E-state index in [1.807, 2.05) is 37.3 Å². The van der Waals surface area contributed by atoms with Crippen LogP contribution in [-0.4, -0.2) is 36.2 Å². The average Bonchev–Trinajstić information content (AvgIpc) is 3.66. The number of alkyl halides is 3. The number of carbonyl (C=O) groups excluding carboxylic acids is 1. The fraction of sp³-hybridized carbons (Fsp3) is 0.200. The number of nitrogens with one attached hydrogen (secondary N) is 2. The van der Waals surface area contributed by atoms with E-state index in [1.165, 1.54) is 30.3 Å². The number of hydrogen-bond donors (Lipinski definition) is 2. The van der Waals surface area contributed by atoms with Crippen LogP contribution in [0.5, 0.6) is 0 Å². The molecule has 0 radical (unpaired) electrons. The predicted molar refractivity (Wildman–Crippen MR) is 161 cm³/mol. The van der Waals surface area contributed by atoms with Gasteiger partial charge in [0.25, 0.3) is 10.0 Å². The lowest BCUT2D eigenvalue weighted by Crippen LogP contribution is -2.45. The van der Waals surface area contributed by atoms with Gasteiger partial charge < -0.3 is 10.6 Å². The molecular formula is C30H26ClF3N4O3S2. The molecule has 7 nitrogen and oxygen atoms in total. The highest BCUT2D eigenvalue weighted by atomic mass is 35.5. The van der Waals surface area contributed by atoms with Crippen molar-refractivity contribution in [2.45, 2.75) is 35.9 Å². The summed E-state index contributed by atoms with van der Waals surface area (Å²) in [6.07, 6.45) is -1.34. The zero-order valence-electron chi connectivity index (χ0n) is 22.7. The van der Waals surface area contributed by atoms with Crippen LogP contribution < -0.4 is 10.6 Å². The van der Waals surface area contributed by atoms with E-state index in [-0.39, 0.29) is 23.3 Å². The van der Waals surface area contributed by atoms with E-state index in [0.717, 1.165) is 33.3 Å². The molecule has 2 N–H and O–H groups in total. The van der Waals surface area contributed by atoms with E-state index in [9.17, 15) is 26.4 Å². The number of hydrogen-bond acceptors (Lipinski definition) is 6. The smallest absolute Gasteiger partial charge is 0.364 e. The molecule has 4 aromatic rings. The van der Waals surface area contributed by atoms with Gasteiger partial charge in [-0.05, 0) is 54.4 Å². The van der Waals surface area contributed by atoms with Gasteiger partial charge in [0.2, 0.25) is 5.91 Å². The molecule has 1 aliphatic heterocycles. The second-order valence-electron chi connectivity index (χ2n) is 9.82. The quantitative estimate of drug-likeness (QED) is 0.193. The highest BCUT2D eigenvalue weighted by molar-refractivity contribution is 7.91. The van der Waals surface area contributed by atoms with Gasteiger partial charge >= 0.3 is 6.18 Å². The summed E-state index contributed by atoms with van der Waals surface area (Å²) in [7, 11) is -3.95. The number of amides is 1. The number of thiophene rings is 1. The maximum atomic E-state index is 13.2. The fourth-order valence-corrected chi connectivity index (χ4v) is 7.71. The molecule has 2 aromatic carbocycles. The minimum atomic E-state index is -4.47. The van der Waals surface area contributed by atoms with Crippen LogP contribution in [0.15, 0.2) is 95.2 Å². The first kappa shape index (κ1) is 30.7. The molecule has 1 amide bonds. The van der Waals surface area contributed by atoms with Gasteiger partial charge in [-0.2, -0.15) is 17.5 Å². The first-order valence-electron chi connectivity index (χ1n) is 13.1. The Balaban J connectivity index is 1.38. The lowest BCUT2D eigenvalue weighted by Gasteiger charge is -2.22. The molecule has 0 saturated heterocycles.